The second-order valence-corrected chi connectivity index (χ2v) is 21.4. The molecule has 0 radical (unpaired) electrons. The van der Waals surface area contributed by atoms with Gasteiger partial charge in [0.15, 0.2) is 8.07 Å². The number of imidazole rings is 4. The highest BCUT2D eigenvalue weighted by Gasteiger charge is 2.43. The summed E-state index contributed by atoms with van der Waals surface area (Å²) in [6.07, 6.45) is 0. The second-order valence-electron chi connectivity index (χ2n) is 16.5. The van der Waals surface area contributed by atoms with Crippen molar-refractivity contribution in [1.82, 2.24) is 32.9 Å². The molecule has 0 saturated heterocycles. The molecule has 0 fully saturated rings. The van der Waals surface area contributed by atoms with E-state index in [2.05, 4.69) is 230 Å². The number of rotatable bonds is 6. The predicted molar refractivity (Wildman–Crippen MR) is 267 cm³/mol. The summed E-state index contributed by atoms with van der Waals surface area (Å²) in [5.41, 5.74) is 8.17. The van der Waals surface area contributed by atoms with Gasteiger partial charge in [-0.3, -0.25) is 17.9 Å². The summed E-state index contributed by atoms with van der Waals surface area (Å²) in [7, 11) is -3.22. The van der Waals surface area contributed by atoms with Crippen LogP contribution in [0.25, 0.3) is 87.5 Å². The maximum atomic E-state index is 5.78. The molecule has 300 valence electrons. The van der Waals surface area contributed by atoms with Crippen LogP contribution in [-0.4, -0.2) is 41.0 Å². The van der Waals surface area contributed by atoms with Gasteiger partial charge < -0.3 is 0 Å². The van der Waals surface area contributed by atoms with Crippen molar-refractivity contribution in [1.29, 1.82) is 0 Å². The maximum absolute atomic E-state index is 5.78. The molecule has 7 nitrogen and oxygen atoms in total. The summed E-state index contributed by atoms with van der Waals surface area (Å²) >= 11 is 1.86. The molecule has 0 bridgehead atoms. The quantitative estimate of drug-likeness (QED) is 0.124. The Hall–Kier alpha value is -8.11. The third-order valence-electron chi connectivity index (χ3n) is 13.1. The van der Waals surface area contributed by atoms with E-state index in [1.807, 2.05) is 11.3 Å². The molecule has 6 heterocycles. The summed E-state index contributed by atoms with van der Waals surface area (Å²) in [4.78, 5) is 16.5. The predicted octanol–water partition coefficient (Wildman–Crippen LogP) is 10.3. The number of benzene rings is 8. The lowest BCUT2D eigenvalue weighted by Gasteiger charge is -2.35. The Labute approximate surface area is 371 Å². The first-order valence-electron chi connectivity index (χ1n) is 21.5. The lowest BCUT2D eigenvalue weighted by molar-refractivity contribution is 0.985. The summed E-state index contributed by atoms with van der Waals surface area (Å²) in [5.74, 6) is 3.19. The van der Waals surface area contributed by atoms with Crippen molar-refractivity contribution in [2.75, 3.05) is 0 Å². The molecule has 64 heavy (non-hydrogen) atoms. The number of hydrogen-bond acceptors (Lipinski definition) is 4. The number of fused-ring (bicyclic) bond motifs is 13. The van der Waals surface area contributed by atoms with E-state index >= 15 is 0 Å². The van der Waals surface area contributed by atoms with Crippen molar-refractivity contribution in [3.63, 3.8) is 0 Å². The summed E-state index contributed by atoms with van der Waals surface area (Å²) in [6, 6.07) is 77.1. The van der Waals surface area contributed by atoms with Crippen molar-refractivity contribution in [2.24, 2.45) is 0 Å². The Kier molecular flexibility index (Phi) is 7.45. The zero-order valence-electron chi connectivity index (χ0n) is 34.2. The molecule has 0 spiro atoms. The Bertz CT molecular complexity index is 3950. The maximum Gasteiger partial charge on any atom is 0.221 e. The molecule has 14 rings (SSSR count). The number of nitrogens with zero attached hydrogens (tertiary/aromatic N) is 7. The minimum atomic E-state index is -3.22. The minimum absolute atomic E-state index is 0.784. The second kappa shape index (κ2) is 13.4. The lowest BCUT2D eigenvalue weighted by atomic mass is 10.1. The van der Waals surface area contributed by atoms with Crippen LogP contribution in [0.4, 0.5) is 0 Å². The van der Waals surface area contributed by atoms with Crippen LogP contribution in [0.5, 0.6) is 0 Å². The van der Waals surface area contributed by atoms with Crippen molar-refractivity contribution in [3.05, 3.63) is 212 Å². The Morgan fingerprint density at radius 3 is 1.34 bits per heavy atom. The number of hydrogen-bond donors (Lipinski definition) is 0. The van der Waals surface area contributed by atoms with Crippen LogP contribution < -0.4 is 20.7 Å². The number of thiophene rings is 1. The highest BCUT2D eigenvalue weighted by Crippen LogP contribution is 2.35. The van der Waals surface area contributed by atoms with Crippen molar-refractivity contribution >= 4 is 116 Å². The Morgan fingerprint density at radius 2 is 0.781 bits per heavy atom. The number of para-hydroxylation sites is 8. The van der Waals surface area contributed by atoms with Gasteiger partial charge in [0.1, 0.15) is 11.6 Å². The smallest absolute Gasteiger partial charge is 0.221 e. The van der Waals surface area contributed by atoms with Crippen molar-refractivity contribution < 1.29 is 0 Å². The average molecular weight is 854 g/mol. The Morgan fingerprint density at radius 1 is 0.328 bits per heavy atom. The molecule has 9 heteroatoms. The van der Waals surface area contributed by atoms with Crippen LogP contribution in [0.3, 0.4) is 0 Å². The molecule has 0 aliphatic rings. The monoisotopic (exact) mass is 853 g/mol. The van der Waals surface area contributed by atoms with Crippen LogP contribution in [0.2, 0.25) is 0 Å². The molecule has 0 atom stereocenters. The van der Waals surface area contributed by atoms with E-state index < -0.39 is 8.07 Å². The molecular weight excluding hydrogens is 819 g/mol. The summed E-state index contributed by atoms with van der Waals surface area (Å²) in [5, 5.41) is 7.62. The normalized spacial score (nSPS) is 12.4. The van der Waals surface area contributed by atoms with Crippen LogP contribution in [0, 0.1) is 0 Å². The van der Waals surface area contributed by atoms with Gasteiger partial charge >= 0.3 is 0 Å². The molecule has 0 unspecified atom stereocenters. The van der Waals surface area contributed by atoms with E-state index in [1.165, 1.54) is 40.9 Å². The first-order valence-corrected chi connectivity index (χ1v) is 24.4. The lowest BCUT2D eigenvalue weighted by Crippen LogP contribution is -2.74. The van der Waals surface area contributed by atoms with E-state index in [1.54, 1.807) is 0 Å². The summed E-state index contributed by atoms with van der Waals surface area (Å²) in [6.45, 7) is 0. The van der Waals surface area contributed by atoms with E-state index in [0.717, 1.165) is 67.3 Å². The molecule has 14 aromatic rings. The van der Waals surface area contributed by atoms with E-state index in [4.69, 9.17) is 15.0 Å². The highest BCUT2D eigenvalue weighted by molar-refractivity contribution is 7.26. The van der Waals surface area contributed by atoms with E-state index in [9.17, 15) is 0 Å². The molecule has 0 N–H and O–H groups in total. The molecule has 6 aromatic heterocycles. The molecular formula is C55H35N7SSi. The molecule has 0 amide bonds. The van der Waals surface area contributed by atoms with Gasteiger partial charge in [-0.25, -0.2) is 15.0 Å². The zero-order chi connectivity index (χ0) is 41.9. The molecule has 0 aliphatic carbocycles. The first-order chi connectivity index (χ1) is 31.7. The largest absolute Gasteiger partial charge is 0.276 e. The zero-order valence-corrected chi connectivity index (χ0v) is 36.1. The minimum Gasteiger partial charge on any atom is -0.276 e. The fourth-order valence-corrected chi connectivity index (χ4v) is 16.3. The van der Waals surface area contributed by atoms with Crippen LogP contribution in [0.1, 0.15) is 0 Å². The van der Waals surface area contributed by atoms with E-state index in [-0.39, 0.29) is 0 Å². The molecule has 8 aromatic carbocycles. The van der Waals surface area contributed by atoms with Gasteiger partial charge in [-0.1, -0.05) is 140 Å². The fraction of sp³-hybridized carbons (Fsp3) is 0. The number of pyridine rings is 1. The average Bonchev–Trinajstić information content (AvgIpc) is 4.16. The Balaban J connectivity index is 1.18. The van der Waals surface area contributed by atoms with Crippen molar-refractivity contribution in [3.8, 4) is 11.6 Å². The van der Waals surface area contributed by atoms with Gasteiger partial charge in [0.05, 0.1) is 44.1 Å². The number of aromatic nitrogens is 7. The van der Waals surface area contributed by atoms with E-state index in [0.29, 0.717) is 0 Å². The first kappa shape index (κ1) is 35.5. The third-order valence-corrected chi connectivity index (χ3v) is 19.0. The van der Waals surface area contributed by atoms with Crippen LogP contribution in [-0.2, 0) is 0 Å². The summed E-state index contributed by atoms with van der Waals surface area (Å²) < 4.78 is 11.7. The highest BCUT2D eigenvalue weighted by atomic mass is 32.1. The van der Waals surface area contributed by atoms with Crippen LogP contribution >= 0.6 is 11.3 Å². The van der Waals surface area contributed by atoms with Crippen LogP contribution in [0.15, 0.2) is 212 Å². The van der Waals surface area contributed by atoms with Gasteiger partial charge in [0.25, 0.3) is 0 Å². The molecule has 0 aliphatic heterocycles. The van der Waals surface area contributed by atoms with Gasteiger partial charge in [-0.2, -0.15) is 0 Å². The fourth-order valence-electron chi connectivity index (χ4n) is 10.4. The standard InChI is InChI=1S/C55H35N7SSi/c1-3-17-36(18-4-1)64(37-19-5-2-6-20-37,38-31-32-51-41(33-38)40-21-7-16-30-50(40)63-51)39-34-52(61-48-28-14-12-26-46(48)59-44-24-10-8-22-42(44)56-54(59)61)58-53(35-39)62-49-29-15-13-27-47(49)60-45-25-11-9-23-43(45)57-55(60)62/h1-35H. The molecule has 0 saturated carbocycles. The van der Waals surface area contributed by atoms with Gasteiger partial charge in [0.2, 0.25) is 11.6 Å². The SMILES string of the molecule is c1ccc([Si](c2ccccc2)(c2cc(-n3c4ccccc4n4c5ccccc5nc34)nc(-n3c4ccccc4n4c5ccccc5nc34)c2)c2ccc3sc4ccccc4c3c2)cc1. The van der Waals surface area contributed by atoms with Gasteiger partial charge in [-0.05, 0) is 93.5 Å². The topological polar surface area (TPSA) is 57.4 Å². The third kappa shape index (κ3) is 4.87. The van der Waals surface area contributed by atoms with Gasteiger partial charge in [-0.15, -0.1) is 11.3 Å². The van der Waals surface area contributed by atoms with Crippen molar-refractivity contribution in [2.45, 2.75) is 0 Å². The van der Waals surface area contributed by atoms with Gasteiger partial charge in [0, 0.05) is 20.2 Å².